The molecule has 5 nitrogen and oxygen atoms in total. The summed E-state index contributed by atoms with van der Waals surface area (Å²) in [5, 5.41) is 3.57. The number of thioether (sulfide) groups is 1. The fraction of sp³-hybridized carbons (Fsp3) is 0.444. The number of nitrogens with one attached hydrogen (secondary N) is 1. The Balaban J connectivity index is 1.84. The van der Waals surface area contributed by atoms with Gasteiger partial charge in [-0.15, -0.1) is 0 Å². The Labute approximate surface area is 146 Å². The molecule has 3 rings (SSSR count). The van der Waals surface area contributed by atoms with Gasteiger partial charge >= 0.3 is 0 Å². The lowest BCUT2D eigenvalue weighted by Crippen LogP contribution is -2.22. The lowest BCUT2D eigenvalue weighted by molar-refractivity contribution is -0.115. The molecule has 0 aromatic heterocycles. The summed E-state index contributed by atoms with van der Waals surface area (Å²) in [6, 6.07) is 5.89. The molecule has 128 valence electrons. The van der Waals surface area contributed by atoms with E-state index in [1.165, 1.54) is 31.0 Å². The van der Waals surface area contributed by atoms with Crippen LogP contribution in [-0.4, -0.2) is 31.3 Å². The number of hydrogen-bond donors (Lipinski definition) is 1. The molecule has 1 saturated carbocycles. The standard InChI is InChI=1S/C18H22N2O3S/c1-22-14-9-6-10-15(23-2)13(14)11-16-17(21)20-18(24-16)19-12-7-4-3-5-8-12/h6,9-12H,3-5,7-8H2,1-2H3,(H,19,20,21). The first kappa shape index (κ1) is 16.9. The zero-order valence-electron chi connectivity index (χ0n) is 14.0. The molecule has 1 amide bonds. The summed E-state index contributed by atoms with van der Waals surface area (Å²) in [4.78, 5) is 17.6. The van der Waals surface area contributed by atoms with Gasteiger partial charge in [-0.05, 0) is 42.8 Å². The number of amides is 1. The Morgan fingerprint density at radius 2 is 1.83 bits per heavy atom. The van der Waals surface area contributed by atoms with Crippen LogP contribution < -0.4 is 14.8 Å². The Morgan fingerprint density at radius 1 is 1.17 bits per heavy atom. The number of methoxy groups -OCH3 is 2. The van der Waals surface area contributed by atoms with E-state index < -0.39 is 0 Å². The lowest BCUT2D eigenvalue weighted by atomic mass is 9.96. The largest absolute Gasteiger partial charge is 0.496 e. The zero-order valence-corrected chi connectivity index (χ0v) is 14.8. The summed E-state index contributed by atoms with van der Waals surface area (Å²) < 4.78 is 10.8. The first-order valence-electron chi connectivity index (χ1n) is 8.21. The topological polar surface area (TPSA) is 59.9 Å². The summed E-state index contributed by atoms with van der Waals surface area (Å²) in [5.74, 6) is 1.23. The highest BCUT2D eigenvalue weighted by Gasteiger charge is 2.26. The number of ether oxygens (including phenoxy) is 2. The summed E-state index contributed by atoms with van der Waals surface area (Å²) in [6.07, 6.45) is 7.77. The van der Waals surface area contributed by atoms with Crippen molar-refractivity contribution in [2.75, 3.05) is 14.2 Å². The molecule has 1 aromatic carbocycles. The first-order valence-corrected chi connectivity index (χ1v) is 9.02. The van der Waals surface area contributed by atoms with E-state index in [0.29, 0.717) is 27.6 Å². The highest BCUT2D eigenvalue weighted by atomic mass is 32.2. The third kappa shape index (κ3) is 3.75. The van der Waals surface area contributed by atoms with Gasteiger partial charge in [-0.1, -0.05) is 25.3 Å². The second-order valence-electron chi connectivity index (χ2n) is 5.87. The van der Waals surface area contributed by atoms with Crippen molar-refractivity contribution < 1.29 is 14.3 Å². The molecular weight excluding hydrogens is 324 g/mol. The van der Waals surface area contributed by atoms with E-state index in [9.17, 15) is 4.79 Å². The van der Waals surface area contributed by atoms with Crippen LogP contribution in [0.2, 0.25) is 0 Å². The van der Waals surface area contributed by atoms with Crippen LogP contribution in [0.1, 0.15) is 37.7 Å². The van der Waals surface area contributed by atoms with Gasteiger partial charge in [0.05, 0.1) is 30.7 Å². The van der Waals surface area contributed by atoms with Gasteiger partial charge in [0.15, 0.2) is 5.17 Å². The third-order valence-electron chi connectivity index (χ3n) is 4.27. The van der Waals surface area contributed by atoms with Crippen LogP contribution in [0, 0.1) is 0 Å². The maximum Gasteiger partial charge on any atom is 0.264 e. The van der Waals surface area contributed by atoms with E-state index in [2.05, 4.69) is 5.32 Å². The molecule has 0 unspecified atom stereocenters. The minimum atomic E-state index is -0.123. The smallest absolute Gasteiger partial charge is 0.264 e. The summed E-state index contributed by atoms with van der Waals surface area (Å²) >= 11 is 1.38. The second-order valence-corrected chi connectivity index (χ2v) is 6.90. The molecule has 1 heterocycles. The van der Waals surface area contributed by atoms with Crippen LogP contribution >= 0.6 is 11.8 Å². The van der Waals surface area contributed by atoms with Crippen molar-refractivity contribution in [2.45, 2.75) is 38.1 Å². The number of aliphatic imine (C=N–C) groups is 1. The number of carbonyl (C=O) groups is 1. The number of nitrogens with zero attached hydrogens (tertiary/aromatic N) is 1. The number of hydrogen-bond acceptors (Lipinski definition) is 5. The maximum atomic E-state index is 12.3. The minimum Gasteiger partial charge on any atom is -0.496 e. The number of rotatable bonds is 4. The molecule has 6 heteroatoms. The quantitative estimate of drug-likeness (QED) is 0.846. The van der Waals surface area contributed by atoms with Crippen molar-refractivity contribution in [2.24, 2.45) is 4.99 Å². The van der Waals surface area contributed by atoms with E-state index in [0.717, 1.165) is 18.4 Å². The van der Waals surface area contributed by atoms with Gasteiger partial charge in [0.2, 0.25) is 0 Å². The second kappa shape index (κ2) is 7.75. The van der Waals surface area contributed by atoms with Gasteiger partial charge in [0.25, 0.3) is 5.91 Å². The fourth-order valence-electron chi connectivity index (χ4n) is 3.02. The summed E-state index contributed by atoms with van der Waals surface area (Å²) in [7, 11) is 3.21. The lowest BCUT2D eigenvalue weighted by Gasteiger charge is -2.17. The zero-order chi connectivity index (χ0) is 16.9. The Hall–Kier alpha value is -1.95. The Morgan fingerprint density at radius 3 is 2.46 bits per heavy atom. The highest BCUT2D eigenvalue weighted by Crippen LogP contribution is 2.35. The van der Waals surface area contributed by atoms with Crippen molar-refractivity contribution in [3.8, 4) is 11.5 Å². The maximum absolute atomic E-state index is 12.3. The van der Waals surface area contributed by atoms with Crippen LogP contribution in [0.5, 0.6) is 11.5 Å². The van der Waals surface area contributed by atoms with Crippen LogP contribution in [0.3, 0.4) is 0 Å². The molecular formula is C18H22N2O3S. The molecule has 0 spiro atoms. The Kier molecular flexibility index (Phi) is 5.45. The highest BCUT2D eigenvalue weighted by molar-refractivity contribution is 8.18. The number of amidine groups is 1. The van der Waals surface area contributed by atoms with Crippen molar-refractivity contribution in [1.82, 2.24) is 5.32 Å². The van der Waals surface area contributed by atoms with Crippen LogP contribution in [0.25, 0.3) is 6.08 Å². The van der Waals surface area contributed by atoms with Gasteiger partial charge in [-0.2, -0.15) is 0 Å². The van der Waals surface area contributed by atoms with E-state index in [1.807, 2.05) is 18.2 Å². The van der Waals surface area contributed by atoms with Crippen molar-refractivity contribution >= 4 is 28.9 Å². The van der Waals surface area contributed by atoms with Crippen molar-refractivity contribution in [1.29, 1.82) is 0 Å². The molecule has 1 aromatic rings. The number of benzene rings is 1. The first-order chi connectivity index (χ1) is 11.7. The molecule has 1 N–H and O–H groups in total. The average Bonchev–Trinajstić information content (AvgIpc) is 2.95. The molecule has 2 aliphatic rings. The van der Waals surface area contributed by atoms with E-state index >= 15 is 0 Å². The predicted molar refractivity (Wildman–Crippen MR) is 97.6 cm³/mol. The molecule has 0 radical (unpaired) electrons. The van der Waals surface area contributed by atoms with E-state index in [4.69, 9.17) is 14.5 Å². The average molecular weight is 346 g/mol. The monoisotopic (exact) mass is 346 g/mol. The molecule has 1 saturated heterocycles. The normalized spacial score (nSPS) is 22.0. The SMILES string of the molecule is COc1cccc(OC)c1C=C1SC(=NC2CCCCC2)NC1=O. The molecule has 1 aliphatic heterocycles. The van der Waals surface area contributed by atoms with E-state index in [-0.39, 0.29) is 5.91 Å². The summed E-state index contributed by atoms with van der Waals surface area (Å²) in [5.41, 5.74) is 0.763. The van der Waals surface area contributed by atoms with Crippen LogP contribution in [0.4, 0.5) is 0 Å². The molecule has 0 bridgehead atoms. The van der Waals surface area contributed by atoms with Crippen LogP contribution in [0.15, 0.2) is 28.1 Å². The van der Waals surface area contributed by atoms with Crippen molar-refractivity contribution in [3.05, 3.63) is 28.7 Å². The van der Waals surface area contributed by atoms with Gasteiger partial charge in [-0.3, -0.25) is 9.79 Å². The molecule has 0 atom stereocenters. The molecule has 24 heavy (non-hydrogen) atoms. The van der Waals surface area contributed by atoms with Gasteiger partial charge in [0, 0.05) is 0 Å². The van der Waals surface area contributed by atoms with Gasteiger partial charge in [0.1, 0.15) is 11.5 Å². The third-order valence-corrected chi connectivity index (χ3v) is 5.19. The summed E-state index contributed by atoms with van der Waals surface area (Å²) in [6.45, 7) is 0. The van der Waals surface area contributed by atoms with Crippen molar-refractivity contribution in [3.63, 3.8) is 0 Å². The van der Waals surface area contributed by atoms with Gasteiger partial charge < -0.3 is 14.8 Å². The molecule has 2 fully saturated rings. The minimum absolute atomic E-state index is 0.123. The fourth-order valence-corrected chi connectivity index (χ4v) is 3.89. The van der Waals surface area contributed by atoms with E-state index in [1.54, 1.807) is 20.3 Å². The Bertz CT molecular complexity index is 657. The van der Waals surface area contributed by atoms with Crippen LogP contribution in [-0.2, 0) is 4.79 Å². The predicted octanol–water partition coefficient (Wildman–Crippen LogP) is 3.60. The molecule has 1 aliphatic carbocycles. The number of carbonyl (C=O) groups excluding carboxylic acids is 1. The van der Waals surface area contributed by atoms with Gasteiger partial charge in [-0.25, -0.2) is 0 Å².